The van der Waals surface area contributed by atoms with Crippen molar-refractivity contribution in [2.75, 3.05) is 30.3 Å². The maximum absolute atomic E-state index is 13.3. The van der Waals surface area contributed by atoms with Crippen LogP contribution in [0.5, 0.6) is 0 Å². The van der Waals surface area contributed by atoms with E-state index in [4.69, 9.17) is 4.74 Å². The van der Waals surface area contributed by atoms with E-state index in [1.807, 2.05) is 32.9 Å². The normalized spacial score (nSPS) is 16.4. The minimum Gasteiger partial charge on any atom is -0.466 e. The maximum Gasteiger partial charge on any atom is 0.309 e. The number of hydrogen-bond acceptors (Lipinski definition) is 5. The van der Waals surface area contributed by atoms with Gasteiger partial charge in [-0.2, -0.15) is 0 Å². The van der Waals surface area contributed by atoms with Crippen molar-refractivity contribution >= 4 is 27.6 Å². The van der Waals surface area contributed by atoms with Crippen molar-refractivity contribution in [3.8, 4) is 0 Å². The molecule has 1 saturated heterocycles. The number of benzene rings is 1. The molecule has 1 unspecified atom stereocenters. The van der Waals surface area contributed by atoms with Gasteiger partial charge < -0.3 is 9.64 Å². The van der Waals surface area contributed by atoms with Crippen molar-refractivity contribution in [1.82, 2.24) is 4.90 Å². The summed E-state index contributed by atoms with van der Waals surface area (Å²) >= 11 is 0. The van der Waals surface area contributed by atoms with Gasteiger partial charge in [0.05, 0.1) is 24.5 Å². The third-order valence-electron chi connectivity index (χ3n) is 5.34. The predicted molar refractivity (Wildman–Crippen MR) is 113 cm³/mol. The number of likely N-dealkylation sites (tertiary alicyclic amines) is 1. The number of hydrogen-bond donors (Lipinski definition) is 0. The minimum absolute atomic E-state index is 0.205. The molecule has 0 spiro atoms. The number of carbonyl (C=O) groups excluding carboxylic acids is 2. The van der Waals surface area contributed by atoms with Crippen molar-refractivity contribution < 1.29 is 22.7 Å². The average molecular weight is 425 g/mol. The smallest absolute Gasteiger partial charge is 0.309 e. The molecule has 1 aliphatic heterocycles. The number of rotatable bonds is 7. The Morgan fingerprint density at radius 3 is 2.34 bits per heavy atom. The molecular formula is C21H32N2O5S. The zero-order chi connectivity index (χ0) is 21.8. The van der Waals surface area contributed by atoms with Gasteiger partial charge in [-0.05, 0) is 57.2 Å². The molecule has 1 aromatic rings. The van der Waals surface area contributed by atoms with Crippen LogP contribution in [0.1, 0.15) is 44.2 Å². The van der Waals surface area contributed by atoms with Gasteiger partial charge in [0.25, 0.3) is 0 Å². The molecule has 0 N–H and O–H groups in total. The van der Waals surface area contributed by atoms with E-state index in [0.717, 1.165) is 17.4 Å². The van der Waals surface area contributed by atoms with Crippen molar-refractivity contribution in [2.45, 2.75) is 53.0 Å². The second kappa shape index (κ2) is 9.61. The molecular weight excluding hydrogens is 392 g/mol. The van der Waals surface area contributed by atoms with Crippen LogP contribution in [-0.4, -0.2) is 57.2 Å². The molecule has 1 amide bonds. The molecule has 1 atom stereocenters. The Hall–Kier alpha value is -2.09. The van der Waals surface area contributed by atoms with E-state index >= 15 is 0 Å². The standard InChI is InChI=1S/C21H32N2O5S/c1-6-18(20(24)22-12-10-17(11-13-22)21(25)28-7-2)23(29(5,26)27)19-14-15(3)8-9-16(19)4/h8-9,14,17-18H,6-7,10-13H2,1-5H3. The van der Waals surface area contributed by atoms with Crippen LogP contribution < -0.4 is 4.31 Å². The summed E-state index contributed by atoms with van der Waals surface area (Å²) in [5.41, 5.74) is 2.26. The second-order valence-corrected chi connectivity index (χ2v) is 9.48. The van der Waals surface area contributed by atoms with Crippen LogP contribution in [0, 0.1) is 19.8 Å². The van der Waals surface area contributed by atoms with Crippen LogP contribution in [-0.2, 0) is 24.3 Å². The molecule has 1 heterocycles. The molecule has 162 valence electrons. The van der Waals surface area contributed by atoms with Crippen LogP contribution in [0.3, 0.4) is 0 Å². The van der Waals surface area contributed by atoms with E-state index in [2.05, 4.69) is 0 Å². The van der Waals surface area contributed by atoms with E-state index in [1.165, 1.54) is 4.31 Å². The highest BCUT2D eigenvalue weighted by molar-refractivity contribution is 7.92. The van der Waals surface area contributed by atoms with Gasteiger partial charge in [0, 0.05) is 13.1 Å². The van der Waals surface area contributed by atoms with Crippen molar-refractivity contribution in [1.29, 1.82) is 0 Å². The van der Waals surface area contributed by atoms with Crippen LogP contribution in [0.25, 0.3) is 0 Å². The zero-order valence-electron chi connectivity index (χ0n) is 18.0. The molecule has 1 fully saturated rings. The van der Waals surface area contributed by atoms with Gasteiger partial charge >= 0.3 is 5.97 Å². The zero-order valence-corrected chi connectivity index (χ0v) is 18.8. The minimum atomic E-state index is -3.67. The van der Waals surface area contributed by atoms with Crippen molar-refractivity contribution in [3.63, 3.8) is 0 Å². The summed E-state index contributed by atoms with van der Waals surface area (Å²) in [6.45, 7) is 8.51. The molecule has 1 aromatic carbocycles. The first-order chi connectivity index (χ1) is 13.6. The lowest BCUT2D eigenvalue weighted by atomic mass is 9.96. The summed E-state index contributed by atoms with van der Waals surface area (Å²) in [5, 5.41) is 0. The molecule has 0 aromatic heterocycles. The summed E-state index contributed by atoms with van der Waals surface area (Å²) in [6.07, 6.45) is 2.56. The lowest BCUT2D eigenvalue weighted by Gasteiger charge is -2.37. The highest BCUT2D eigenvalue weighted by Crippen LogP contribution is 2.29. The number of ether oxygens (including phenoxy) is 1. The van der Waals surface area contributed by atoms with Gasteiger partial charge in [0.15, 0.2) is 0 Å². The lowest BCUT2D eigenvalue weighted by Crippen LogP contribution is -2.53. The molecule has 29 heavy (non-hydrogen) atoms. The van der Waals surface area contributed by atoms with Crippen LogP contribution in [0.4, 0.5) is 5.69 Å². The fourth-order valence-corrected chi connectivity index (χ4v) is 5.04. The number of aryl methyl sites for hydroxylation is 2. The lowest BCUT2D eigenvalue weighted by molar-refractivity contribution is -0.151. The number of amides is 1. The quantitative estimate of drug-likeness (QED) is 0.629. The van der Waals surface area contributed by atoms with Crippen molar-refractivity contribution in [2.24, 2.45) is 5.92 Å². The van der Waals surface area contributed by atoms with Crippen LogP contribution in [0.2, 0.25) is 0 Å². The Labute approximate surface area is 174 Å². The van der Waals surface area contributed by atoms with Gasteiger partial charge in [-0.25, -0.2) is 8.42 Å². The topological polar surface area (TPSA) is 84.0 Å². The molecule has 0 radical (unpaired) electrons. The monoisotopic (exact) mass is 424 g/mol. The molecule has 0 aliphatic carbocycles. The predicted octanol–water partition coefficient (Wildman–Crippen LogP) is 2.65. The number of sulfonamides is 1. The summed E-state index contributed by atoms with van der Waals surface area (Å²) in [7, 11) is -3.67. The van der Waals surface area contributed by atoms with Gasteiger partial charge in [0.1, 0.15) is 6.04 Å². The van der Waals surface area contributed by atoms with Gasteiger partial charge in [-0.15, -0.1) is 0 Å². The number of nitrogens with zero attached hydrogens (tertiary/aromatic N) is 2. The van der Waals surface area contributed by atoms with E-state index in [9.17, 15) is 18.0 Å². The second-order valence-electron chi connectivity index (χ2n) is 7.62. The fraction of sp³-hybridized carbons (Fsp3) is 0.619. The summed E-state index contributed by atoms with van der Waals surface area (Å²) in [4.78, 5) is 26.9. The van der Waals surface area contributed by atoms with Crippen molar-refractivity contribution in [3.05, 3.63) is 29.3 Å². The van der Waals surface area contributed by atoms with Gasteiger partial charge in [-0.1, -0.05) is 19.1 Å². The first-order valence-corrected chi connectivity index (χ1v) is 12.0. The Kier molecular flexibility index (Phi) is 7.68. The number of esters is 1. The Morgan fingerprint density at radius 2 is 1.83 bits per heavy atom. The highest BCUT2D eigenvalue weighted by atomic mass is 32.2. The average Bonchev–Trinajstić information content (AvgIpc) is 2.67. The third-order valence-corrected chi connectivity index (χ3v) is 6.51. The van der Waals surface area contributed by atoms with Gasteiger partial charge in [-0.3, -0.25) is 13.9 Å². The summed E-state index contributed by atoms with van der Waals surface area (Å²) < 4.78 is 31.7. The van der Waals surface area contributed by atoms with Gasteiger partial charge in [0.2, 0.25) is 15.9 Å². The number of anilines is 1. The first-order valence-electron chi connectivity index (χ1n) is 10.1. The fourth-order valence-electron chi connectivity index (χ4n) is 3.78. The Bertz CT molecular complexity index is 845. The molecule has 0 saturated carbocycles. The number of carbonyl (C=O) groups is 2. The Morgan fingerprint density at radius 1 is 1.21 bits per heavy atom. The molecule has 7 nitrogen and oxygen atoms in total. The highest BCUT2D eigenvalue weighted by Gasteiger charge is 2.37. The summed E-state index contributed by atoms with van der Waals surface area (Å²) in [5.74, 6) is -0.648. The summed E-state index contributed by atoms with van der Waals surface area (Å²) in [6, 6.07) is 4.77. The molecule has 2 rings (SSSR count). The first kappa shape index (κ1) is 23.2. The third kappa shape index (κ3) is 5.50. The Balaban J connectivity index is 2.26. The SMILES string of the molecule is CCOC(=O)C1CCN(C(=O)C(CC)N(c2cc(C)ccc2C)S(C)(=O)=O)CC1. The maximum atomic E-state index is 13.3. The largest absolute Gasteiger partial charge is 0.466 e. The van der Waals surface area contributed by atoms with E-state index < -0.39 is 16.1 Å². The van der Waals surface area contributed by atoms with E-state index in [0.29, 0.717) is 44.6 Å². The van der Waals surface area contributed by atoms with E-state index in [-0.39, 0.29) is 17.8 Å². The van der Waals surface area contributed by atoms with Crippen LogP contribution >= 0.6 is 0 Å². The molecule has 0 bridgehead atoms. The molecule has 1 aliphatic rings. The number of piperidine rings is 1. The van der Waals surface area contributed by atoms with Crippen LogP contribution in [0.15, 0.2) is 18.2 Å². The van der Waals surface area contributed by atoms with E-state index in [1.54, 1.807) is 17.9 Å². The molecule has 8 heteroatoms.